The van der Waals surface area contributed by atoms with Gasteiger partial charge in [-0.2, -0.15) is 0 Å². The number of phenolic OH excluding ortho intramolecular Hbond substituents is 1. The zero-order valence-electron chi connectivity index (χ0n) is 13.7. The zero-order chi connectivity index (χ0) is 18.6. The Bertz CT molecular complexity index is 795. The van der Waals surface area contributed by atoms with Gasteiger partial charge in [-0.15, -0.1) is 0 Å². The van der Waals surface area contributed by atoms with Gasteiger partial charge in [-0.1, -0.05) is 0 Å². The van der Waals surface area contributed by atoms with Gasteiger partial charge in [-0.05, 0) is 18.2 Å². The Kier molecular flexibility index (Phi) is 5.28. The maximum absolute atomic E-state index is 12.4. The molecule has 0 heterocycles. The van der Waals surface area contributed by atoms with Crippen LogP contribution in [0.1, 0.15) is 10.4 Å². The van der Waals surface area contributed by atoms with Crippen LogP contribution in [0.15, 0.2) is 30.3 Å². The lowest BCUT2D eigenvalue weighted by atomic mass is 10.1. The second-order valence-electron chi connectivity index (χ2n) is 4.83. The molecule has 2 rings (SSSR count). The van der Waals surface area contributed by atoms with Gasteiger partial charge >= 0.3 is 0 Å². The first-order valence-electron chi connectivity index (χ1n) is 7.00. The zero-order valence-corrected chi connectivity index (χ0v) is 13.7. The van der Waals surface area contributed by atoms with Gasteiger partial charge in [-0.25, -0.2) is 0 Å². The number of nitrogens with zero attached hydrogens (tertiary/aromatic N) is 1. The van der Waals surface area contributed by atoms with Crippen LogP contribution in [0.25, 0.3) is 0 Å². The number of anilines is 1. The third-order valence-corrected chi connectivity index (χ3v) is 3.37. The smallest absolute Gasteiger partial charge is 0.271 e. The minimum absolute atomic E-state index is 0.0899. The van der Waals surface area contributed by atoms with Crippen LogP contribution >= 0.6 is 0 Å². The number of rotatable bonds is 6. The fraction of sp³-hybridized carbons (Fsp3) is 0.188. The molecule has 0 aliphatic rings. The van der Waals surface area contributed by atoms with Crippen LogP contribution in [0.5, 0.6) is 23.0 Å². The summed E-state index contributed by atoms with van der Waals surface area (Å²) in [4.78, 5) is 22.6. The van der Waals surface area contributed by atoms with Crippen molar-refractivity contribution < 1.29 is 29.0 Å². The van der Waals surface area contributed by atoms with Crippen molar-refractivity contribution in [3.05, 3.63) is 46.0 Å². The summed E-state index contributed by atoms with van der Waals surface area (Å²) in [6.45, 7) is 0. The lowest BCUT2D eigenvalue weighted by Gasteiger charge is -2.14. The molecule has 0 spiro atoms. The second kappa shape index (κ2) is 7.39. The van der Waals surface area contributed by atoms with Crippen molar-refractivity contribution in [2.24, 2.45) is 0 Å². The van der Waals surface area contributed by atoms with Crippen LogP contribution in [0.2, 0.25) is 0 Å². The maximum atomic E-state index is 12.4. The number of hydrogen-bond acceptors (Lipinski definition) is 7. The summed E-state index contributed by atoms with van der Waals surface area (Å²) in [6, 6.07) is 6.16. The van der Waals surface area contributed by atoms with Crippen molar-refractivity contribution >= 4 is 17.3 Å². The van der Waals surface area contributed by atoms with Crippen molar-refractivity contribution in [2.45, 2.75) is 0 Å². The number of amides is 1. The molecule has 0 unspecified atom stereocenters. The molecular formula is C16H16N2O7. The average Bonchev–Trinajstić information content (AvgIpc) is 2.61. The highest BCUT2D eigenvalue weighted by atomic mass is 16.6. The fourth-order valence-corrected chi connectivity index (χ4v) is 2.14. The molecule has 1 amide bonds. The molecular weight excluding hydrogens is 332 g/mol. The third-order valence-electron chi connectivity index (χ3n) is 3.37. The molecule has 2 aromatic carbocycles. The van der Waals surface area contributed by atoms with Gasteiger partial charge in [0.1, 0.15) is 5.75 Å². The van der Waals surface area contributed by atoms with Crippen molar-refractivity contribution in [1.82, 2.24) is 0 Å². The highest BCUT2D eigenvalue weighted by Crippen LogP contribution is 2.38. The number of benzene rings is 2. The molecule has 0 aromatic heterocycles. The number of nitrogens with one attached hydrogen (secondary N) is 1. The molecule has 2 aromatic rings. The second-order valence-corrected chi connectivity index (χ2v) is 4.83. The van der Waals surface area contributed by atoms with E-state index in [0.29, 0.717) is 5.75 Å². The molecule has 25 heavy (non-hydrogen) atoms. The predicted molar refractivity (Wildman–Crippen MR) is 88.8 cm³/mol. The molecule has 0 fully saturated rings. The summed E-state index contributed by atoms with van der Waals surface area (Å²) < 4.78 is 15.5. The first-order chi connectivity index (χ1) is 11.9. The minimum atomic E-state index is -0.630. The quantitative estimate of drug-likeness (QED) is 0.467. The van der Waals surface area contributed by atoms with Gasteiger partial charge in [0, 0.05) is 17.7 Å². The van der Waals surface area contributed by atoms with Crippen molar-refractivity contribution in [2.75, 3.05) is 26.6 Å². The monoisotopic (exact) mass is 348 g/mol. The first-order valence-corrected chi connectivity index (χ1v) is 7.00. The van der Waals surface area contributed by atoms with E-state index in [0.717, 1.165) is 18.2 Å². The van der Waals surface area contributed by atoms with Gasteiger partial charge < -0.3 is 24.6 Å². The van der Waals surface area contributed by atoms with Gasteiger partial charge in [0.05, 0.1) is 31.9 Å². The average molecular weight is 348 g/mol. The van der Waals surface area contributed by atoms with Crippen LogP contribution in [0.4, 0.5) is 11.4 Å². The third kappa shape index (κ3) is 3.71. The number of aromatic hydroxyl groups is 1. The molecule has 0 atom stereocenters. The Morgan fingerprint density at radius 1 is 1.08 bits per heavy atom. The molecule has 0 saturated heterocycles. The van der Waals surface area contributed by atoms with Gasteiger partial charge in [0.25, 0.3) is 11.6 Å². The van der Waals surface area contributed by atoms with Crippen molar-refractivity contribution in [3.63, 3.8) is 0 Å². The highest BCUT2D eigenvalue weighted by molar-refractivity contribution is 6.06. The molecule has 0 saturated carbocycles. The minimum Gasteiger partial charge on any atom is -0.506 e. The number of nitro benzene ring substituents is 1. The summed E-state index contributed by atoms with van der Waals surface area (Å²) >= 11 is 0. The maximum Gasteiger partial charge on any atom is 0.271 e. The first kappa shape index (κ1) is 17.9. The standard InChI is InChI=1S/C16H16N2O7/c1-23-13-6-9(7-14(24-2)15(13)25-3)16(20)17-11-8-10(18(21)22)4-5-12(11)19/h4-8,19H,1-3H3,(H,17,20). The number of non-ortho nitro benzene ring substituents is 1. The van der Waals surface area contributed by atoms with Crippen molar-refractivity contribution in [1.29, 1.82) is 0 Å². The van der Waals surface area contributed by atoms with Gasteiger partial charge in [-0.3, -0.25) is 14.9 Å². The van der Waals surface area contributed by atoms with Crippen LogP contribution in [0, 0.1) is 10.1 Å². The number of carbonyl (C=O) groups excluding carboxylic acids is 1. The van der Waals surface area contributed by atoms with E-state index in [9.17, 15) is 20.0 Å². The Hall–Kier alpha value is -3.49. The normalized spacial score (nSPS) is 10.0. The molecule has 0 aliphatic heterocycles. The van der Waals surface area contributed by atoms with E-state index in [-0.39, 0.29) is 34.2 Å². The van der Waals surface area contributed by atoms with Gasteiger partial charge in [0.15, 0.2) is 11.5 Å². The summed E-state index contributed by atoms with van der Waals surface area (Å²) in [7, 11) is 4.25. The Balaban J connectivity index is 2.39. The molecule has 0 aliphatic carbocycles. The largest absolute Gasteiger partial charge is 0.506 e. The molecule has 9 heteroatoms. The Morgan fingerprint density at radius 2 is 1.68 bits per heavy atom. The van der Waals surface area contributed by atoms with Crippen LogP contribution in [0.3, 0.4) is 0 Å². The summed E-state index contributed by atoms with van der Waals surface area (Å²) in [5.74, 6) is -0.0493. The number of nitro groups is 1. The number of methoxy groups -OCH3 is 3. The van der Waals surface area contributed by atoms with E-state index in [2.05, 4.69) is 5.32 Å². The number of carbonyl (C=O) groups is 1. The lowest BCUT2D eigenvalue weighted by Crippen LogP contribution is -2.13. The molecule has 2 N–H and O–H groups in total. The fourth-order valence-electron chi connectivity index (χ4n) is 2.14. The predicted octanol–water partition coefficient (Wildman–Crippen LogP) is 2.58. The number of hydrogen-bond donors (Lipinski definition) is 2. The summed E-state index contributed by atoms with van der Waals surface area (Å²) in [5.41, 5.74) is -0.202. The molecule has 9 nitrogen and oxygen atoms in total. The van der Waals surface area contributed by atoms with Gasteiger partial charge in [0.2, 0.25) is 5.75 Å². The van der Waals surface area contributed by atoms with E-state index in [1.807, 2.05) is 0 Å². The summed E-state index contributed by atoms with van der Waals surface area (Å²) in [6.07, 6.45) is 0. The van der Waals surface area contributed by atoms with E-state index in [4.69, 9.17) is 14.2 Å². The Labute approximate surface area is 142 Å². The van der Waals surface area contributed by atoms with Crippen LogP contribution in [-0.2, 0) is 0 Å². The van der Waals surface area contributed by atoms with E-state index in [1.54, 1.807) is 0 Å². The topological polar surface area (TPSA) is 120 Å². The highest BCUT2D eigenvalue weighted by Gasteiger charge is 2.19. The number of ether oxygens (including phenoxy) is 3. The number of phenols is 1. The summed E-state index contributed by atoms with van der Waals surface area (Å²) in [5, 5.41) is 23.0. The van der Waals surface area contributed by atoms with Crippen molar-refractivity contribution in [3.8, 4) is 23.0 Å². The lowest BCUT2D eigenvalue weighted by molar-refractivity contribution is -0.384. The van der Waals surface area contributed by atoms with E-state index < -0.39 is 10.8 Å². The van der Waals surface area contributed by atoms with Crippen LogP contribution < -0.4 is 19.5 Å². The van der Waals surface area contributed by atoms with Crippen LogP contribution in [-0.4, -0.2) is 37.3 Å². The molecule has 0 radical (unpaired) electrons. The molecule has 132 valence electrons. The molecule has 0 bridgehead atoms. The Morgan fingerprint density at radius 3 is 2.16 bits per heavy atom. The van der Waals surface area contributed by atoms with E-state index >= 15 is 0 Å². The van der Waals surface area contributed by atoms with E-state index in [1.165, 1.54) is 33.5 Å². The SMILES string of the molecule is COc1cc(C(=O)Nc2cc([N+](=O)[O-])ccc2O)cc(OC)c1OC.